The van der Waals surface area contributed by atoms with Crippen molar-refractivity contribution in [1.82, 2.24) is 14.6 Å². The zero-order chi connectivity index (χ0) is 19.7. The number of nitrogens with zero attached hydrogens (tertiary/aromatic N) is 3. The van der Waals surface area contributed by atoms with E-state index < -0.39 is 0 Å². The molecule has 0 saturated carbocycles. The Bertz CT molecular complexity index is 1140. The molecule has 0 fully saturated rings. The van der Waals surface area contributed by atoms with E-state index in [-0.39, 0.29) is 0 Å². The van der Waals surface area contributed by atoms with Gasteiger partial charge >= 0.3 is 0 Å². The number of ether oxygens (including phenoxy) is 3. The first kappa shape index (κ1) is 18.3. The van der Waals surface area contributed by atoms with Gasteiger partial charge in [0.05, 0.1) is 25.8 Å². The highest BCUT2D eigenvalue weighted by Gasteiger charge is 2.21. The Kier molecular flexibility index (Phi) is 4.92. The molecular formula is C21H18BrN3O3. The maximum absolute atomic E-state index is 5.61. The molecule has 142 valence electrons. The molecule has 0 aliphatic carbocycles. The second-order valence-electron chi connectivity index (χ2n) is 6.06. The lowest BCUT2D eigenvalue weighted by molar-refractivity contribution is 0.395. The highest BCUT2D eigenvalue weighted by atomic mass is 79.9. The first-order chi connectivity index (χ1) is 13.7. The fraction of sp³-hybridized carbons (Fsp3) is 0.143. The van der Waals surface area contributed by atoms with E-state index in [4.69, 9.17) is 14.2 Å². The molecule has 0 saturated heterocycles. The minimum Gasteiger partial charge on any atom is -0.497 e. The predicted octanol–water partition coefficient (Wildman–Crippen LogP) is 4.85. The van der Waals surface area contributed by atoms with Crippen molar-refractivity contribution in [3.05, 3.63) is 59.2 Å². The second-order valence-corrected chi connectivity index (χ2v) is 6.91. The van der Waals surface area contributed by atoms with Crippen LogP contribution in [0.25, 0.3) is 28.2 Å². The molecule has 0 aliphatic rings. The van der Waals surface area contributed by atoms with Gasteiger partial charge in [-0.2, -0.15) is 0 Å². The van der Waals surface area contributed by atoms with Crippen LogP contribution in [0.2, 0.25) is 0 Å². The van der Waals surface area contributed by atoms with E-state index in [9.17, 15) is 0 Å². The Morgan fingerprint density at radius 1 is 0.786 bits per heavy atom. The topological polar surface area (TPSA) is 57.9 Å². The highest BCUT2D eigenvalue weighted by Crippen LogP contribution is 2.42. The van der Waals surface area contributed by atoms with Crippen LogP contribution >= 0.6 is 15.9 Å². The summed E-state index contributed by atoms with van der Waals surface area (Å²) in [7, 11) is 4.90. The molecule has 0 aliphatic heterocycles. The third-order valence-electron chi connectivity index (χ3n) is 4.54. The van der Waals surface area contributed by atoms with Gasteiger partial charge in [0.1, 0.15) is 22.8 Å². The van der Waals surface area contributed by atoms with Gasteiger partial charge in [0.25, 0.3) is 0 Å². The maximum atomic E-state index is 5.61. The van der Waals surface area contributed by atoms with Gasteiger partial charge in [-0.05, 0) is 63.5 Å². The zero-order valence-electron chi connectivity index (χ0n) is 15.6. The highest BCUT2D eigenvalue weighted by molar-refractivity contribution is 9.10. The predicted molar refractivity (Wildman–Crippen MR) is 111 cm³/mol. The molecule has 2 heterocycles. The summed E-state index contributed by atoms with van der Waals surface area (Å²) in [5.74, 6) is 2.76. The molecule has 0 spiro atoms. The number of hydrogen-bond acceptors (Lipinski definition) is 5. The minimum absolute atomic E-state index is 0.639. The third-order valence-corrected chi connectivity index (χ3v) is 5.17. The molecule has 4 aromatic rings. The molecule has 6 nitrogen and oxygen atoms in total. The van der Waals surface area contributed by atoms with Crippen LogP contribution in [-0.2, 0) is 0 Å². The van der Waals surface area contributed by atoms with Crippen molar-refractivity contribution in [2.75, 3.05) is 21.3 Å². The van der Waals surface area contributed by atoms with Crippen LogP contribution in [0.1, 0.15) is 0 Å². The average Bonchev–Trinajstić information content (AvgIpc) is 3.16. The summed E-state index contributed by atoms with van der Waals surface area (Å²) in [6.45, 7) is 0. The third kappa shape index (κ3) is 3.07. The molecule has 28 heavy (non-hydrogen) atoms. The number of fused-ring (bicyclic) bond motifs is 1. The van der Waals surface area contributed by atoms with Crippen LogP contribution < -0.4 is 14.2 Å². The number of rotatable bonds is 5. The van der Waals surface area contributed by atoms with E-state index in [1.807, 2.05) is 59.1 Å². The molecule has 2 aromatic heterocycles. The molecule has 2 aromatic carbocycles. The Hall–Kier alpha value is -3.06. The Morgan fingerprint density at radius 3 is 2.21 bits per heavy atom. The number of pyridine rings is 1. The second kappa shape index (κ2) is 7.52. The van der Waals surface area contributed by atoms with Crippen molar-refractivity contribution in [3.63, 3.8) is 0 Å². The Morgan fingerprint density at radius 2 is 1.54 bits per heavy atom. The van der Waals surface area contributed by atoms with Crippen molar-refractivity contribution in [1.29, 1.82) is 0 Å². The zero-order valence-corrected chi connectivity index (χ0v) is 17.2. The van der Waals surface area contributed by atoms with E-state index >= 15 is 0 Å². The van der Waals surface area contributed by atoms with Gasteiger partial charge in [0.2, 0.25) is 0 Å². The SMILES string of the molecule is COc1ccc(-c2ccc3nnc(-c4c(OC)ccc(Br)c4OC)n3c2)cc1. The van der Waals surface area contributed by atoms with E-state index in [1.54, 1.807) is 21.3 Å². The van der Waals surface area contributed by atoms with Gasteiger partial charge in [-0.15, -0.1) is 10.2 Å². The summed E-state index contributed by atoms with van der Waals surface area (Å²) < 4.78 is 19.2. The van der Waals surface area contributed by atoms with Crippen molar-refractivity contribution >= 4 is 21.6 Å². The van der Waals surface area contributed by atoms with Crippen molar-refractivity contribution < 1.29 is 14.2 Å². The fourth-order valence-electron chi connectivity index (χ4n) is 3.14. The van der Waals surface area contributed by atoms with Crippen LogP contribution in [0.5, 0.6) is 17.2 Å². The molecule has 0 bridgehead atoms. The molecular weight excluding hydrogens is 422 g/mol. The molecule has 0 amide bonds. The lowest BCUT2D eigenvalue weighted by Gasteiger charge is -2.13. The van der Waals surface area contributed by atoms with Gasteiger partial charge in [-0.25, -0.2) is 0 Å². The van der Waals surface area contributed by atoms with Crippen LogP contribution in [0.4, 0.5) is 0 Å². The molecule has 0 N–H and O–H groups in total. The molecule has 4 rings (SSSR count). The van der Waals surface area contributed by atoms with Gasteiger partial charge < -0.3 is 14.2 Å². The van der Waals surface area contributed by atoms with Gasteiger partial charge in [-0.1, -0.05) is 12.1 Å². The molecule has 0 radical (unpaired) electrons. The summed E-state index contributed by atoms with van der Waals surface area (Å²) in [5.41, 5.74) is 3.56. The van der Waals surface area contributed by atoms with Crippen molar-refractivity contribution in [2.45, 2.75) is 0 Å². The van der Waals surface area contributed by atoms with Gasteiger partial charge in [-0.3, -0.25) is 4.40 Å². The van der Waals surface area contributed by atoms with E-state index in [1.165, 1.54) is 0 Å². The average molecular weight is 440 g/mol. The quantitative estimate of drug-likeness (QED) is 0.444. The minimum atomic E-state index is 0.639. The number of benzene rings is 2. The van der Waals surface area contributed by atoms with E-state index in [2.05, 4.69) is 26.1 Å². The van der Waals surface area contributed by atoms with Crippen LogP contribution in [0.3, 0.4) is 0 Å². The van der Waals surface area contributed by atoms with E-state index in [0.29, 0.717) is 17.3 Å². The van der Waals surface area contributed by atoms with Gasteiger partial charge in [0.15, 0.2) is 11.5 Å². The lowest BCUT2D eigenvalue weighted by atomic mass is 10.1. The summed E-state index contributed by atoms with van der Waals surface area (Å²) >= 11 is 3.54. The summed E-state index contributed by atoms with van der Waals surface area (Å²) in [6.07, 6.45) is 2.01. The van der Waals surface area contributed by atoms with E-state index in [0.717, 1.165) is 32.6 Å². The standard InChI is InChI=1S/C21H18BrN3O3/c1-26-15-7-4-13(5-8-15)14-6-11-18-23-24-21(25(18)12-14)19-17(27-2)10-9-16(22)20(19)28-3/h4-12H,1-3H3. The largest absolute Gasteiger partial charge is 0.497 e. The molecule has 7 heteroatoms. The summed E-state index contributed by atoms with van der Waals surface area (Å²) in [4.78, 5) is 0. The van der Waals surface area contributed by atoms with Crippen LogP contribution in [-0.4, -0.2) is 35.9 Å². The van der Waals surface area contributed by atoms with Crippen molar-refractivity contribution in [2.24, 2.45) is 0 Å². The first-order valence-electron chi connectivity index (χ1n) is 8.56. The normalized spacial score (nSPS) is 10.9. The molecule has 0 atom stereocenters. The number of aromatic nitrogens is 3. The Balaban J connectivity index is 1.91. The monoisotopic (exact) mass is 439 g/mol. The molecule has 0 unspecified atom stereocenters. The van der Waals surface area contributed by atoms with Crippen molar-refractivity contribution in [3.8, 4) is 39.8 Å². The summed E-state index contributed by atoms with van der Waals surface area (Å²) in [6, 6.07) is 15.6. The maximum Gasteiger partial charge on any atom is 0.175 e. The Labute approximate surface area is 170 Å². The number of halogens is 1. The van der Waals surface area contributed by atoms with Crippen LogP contribution in [0.15, 0.2) is 59.2 Å². The van der Waals surface area contributed by atoms with Crippen LogP contribution in [0, 0.1) is 0 Å². The van der Waals surface area contributed by atoms with Gasteiger partial charge in [0, 0.05) is 6.20 Å². The summed E-state index contributed by atoms with van der Waals surface area (Å²) in [5, 5.41) is 8.70. The fourth-order valence-corrected chi connectivity index (χ4v) is 3.63. The smallest absolute Gasteiger partial charge is 0.175 e. The number of hydrogen-bond donors (Lipinski definition) is 0. The lowest BCUT2D eigenvalue weighted by Crippen LogP contribution is -1.98. The number of methoxy groups -OCH3 is 3. The first-order valence-corrected chi connectivity index (χ1v) is 9.35.